The third-order valence-corrected chi connectivity index (χ3v) is 3.97. The van der Waals surface area contributed by atoms with Crippen LogP contribution in [0.5, 0.6) is 0 Å². The van der Waals surface area contributed by atoms with E-state index in [2.05, 4.69) is 20.6 Å². The van der Waals surface area contributed by atoms with Crippen molar-refractivity contribution >= 4 is 23.5 Å². The molecule has 0 fully saturated rings. The Morgan fingerprint density at radius 2 is 2.22 bits per heavy atom. The first-order valence-corrected chi connectivity index (χ1v) is 7.92. The maximum absolute atomic E-state index is 11.8. The number of carbonyl (C=O) groups is 1. The van der Waals surface area contributed by atoms with Crippen molar-refractivity contribution in [2.24, 2.45) is 5.10 Å². The van der Waals surface area contributed by atoms with Gasteiger partial charge in [-0.15, -0.1) is 11.3 Å². The number of hydrogen-bond donors (Lipinski definition) is 1. The van der Waals surface area contributed by atoms with Gasteiger partial charge in [0.15, 0.2) is 0 Å². The monoisotopic (exact) mass is 325 g/mol. The molecule has 0 atom stereocenters. The molecule has 2 aromatic heterocycles. The van der Waals surface area contributed by atoms with Gasteiger partial charge in [0.2, 0.25) is 5.91 Å². The van der Waals surface area contributed by atoms with Gasteiger partial charge in [-0.2, -0.15) is 10.2 Å². The van der Waals surface area contributed by atoms with Gasteiger partial charge in [0.25, 0.3) is 0 Å². The fourth-order valence-corrected chi connectivity index (χ4v) is 2.74. The summed E-state index contributed by atoms with van der Waals surface area (Å²) < 4.78 is 1.75. The molecular weight excluding hydrogens is 310 g/mol. The molecule has 0 unspecified atom stereocenters. The summed E-state index contributed by atoms with van der Waals surface area (Å²) in [6.07, 6.45) is 5.33. The van der Waals surface area contributed by atoms with Crippen LogP contribution in [0.1, 0.15) is 16.3 Å². The predicted molar refractivity (Wildman–Crippen MR) is 89.9 cm³/mol. The second-order valence-corrected chi connectivity index (χ2v) is 5.85. The molecule has 0 saturated carbocycles. The van der Waals surface area contributed by atoms with Gasteiger partial charge >= 0.3 is 0 Å². The van der Waals surface area contributed by atoms with Gasteiger partial charge in [-0.3, -0.25) is 4.79 Å². The highest BCUT2D eigenvalue weighted by atomic mass is 32.1. The number of aromatic nitrogens is 3. The lowest BCUT2D eigenvalue weighted by Crippen LogP contribution is -2.19. The molecule has 6 nitrogen and oxygen atoms in total. The van der Waals surface area contributed by atoms with Crippen LogP contribution < -0.4 is 5.43 Å². The molecule has 0 aliphatic carbocycles. The summed E-state index contributed by atoms with van der Waals surface area (Å²) in [5, 5.41) is 10.9. The van der Waals surface area contributed by atoms with Crippen LogP contribution in [-0.2, 0) is 11.2 Å². The number of para-hydroxylation sites is 1. The van der Waals surface area contributed by atoms with E-state index in [0.29, 0.717) is 0 Å². The average molecular weight is 325 g/mol. The molecule has 0 radical (unpaired) electrons. The molecule has 3 rings (SSSR count). The molecule has 1 aromatic carbocycles. The Bertz CT molecular complexity index is 822. The Morgan fingerprint density at radius 1 is 1.39 bits per heavy atom. The van der Waals surface area contributed by atoms with Crippen molar-refractivity contribution in [2.75, 3.05) is 0 Å². The number of hydrazone groups is 1. The molecule has 0 bridgehead atoms. The molecule has 1 N–H and O–H groups in total. The summed E-state index contributed by atoms with van der Waals surface area (Å²) in [7, 11) is 0. The van der Waals surface area contributed by atoms with Crippen molar-refractivity contribution in [3.63, 3.8) is 0 Å². The summed E-state index contributed by atoms with van der Waals surface area (Å²) in [5.41, 5.74) is 5.20. The van der Waals surface area contributed by atoms with Crippen molar-refractivity contribution in [1.29, 1.82) is 0 Å². The molecule has 0 aliphatic rings. The molecule has 23 heavy (non-hydrogen) atoms. The van der Waals surface area contributed by atoms with E-state index in [-0.39, 0.29) is 12.3 Å². The average Bonchev–Trinajstić information content (AvgIpc) is 3.17. The van der Waals surface area contributed by atoms with E-state index in [1.54, 1.807) is 17.1 Å². The zero-order valence-electron chi connectivity index (χ0n) is 12.5. The SMILES string of the molecule is Cc1csc(CC(=O)N/N=C\c2cnn(-c3ccccc3)c2)n1. The Balaban J connectivity index is 1.56. The van der Waals surface area contributed by atoms with E-state index in [0.717, 1.165) is 22.0 Å². The van der Waals surface area contributed by atoms with Gasteiger partial charge in [-0.05, 0) is 19.1 Å². The van der Waals surface area contributed by atoms with Crippen LogP contribution >= 0.6 is 11.3 Å². The van der Waals surface area contributed by atoms with Crippen LogP contribution in [0, 0.1) is 6.92 Å². The first kappa shape index (κ1) is 15.1. The van der Waals surface area contributed by atoms with E-state index in [1.807, 2.05) is 48.8 Å². The smallest absolute Gasteiger partial charge is 0.246 e. The topological polar surface area (TPSA) is 72.2 Å². The summed E-state index contributed by atoms with van der Waals surface area (Å²) in [5.74, 6) is -0.189. The molecule has 0 saturated heterocycles. The zero-order valence-corrected chi connectivity index (χ0v) is 13.3. The molecule has 0 spiro atoms. The maximum Gasteiger partial charge on any atom is 0.246 e. The Labute approximate surface area is 137 Å². The fraction of sp³-hybridized carbons (Fsp3) is 0.125. The van der Waals surface area contributed by atoms with Gasteiger partial charge < -0.3 is 0 Å². The number of benzene rings is 1. The minimum Gasteiger partial charge on any atom is -0.273 e. The van der Waals surface area contributed by atoms with Crippen molar-refractivity contribution in [3.05, 3.63) is 64.4 Å². The summed E-state index contributed by atoms with van der Waals surface area (Å²) >= 11 is 1.47. The highest BCUT2D eigenvalue weighted by Crippen LogP contribution is 2.09. The lowest BCUT2D eigenvalue weighted by atomic mass is 10.3. The highest BCUT2D eigenvalue weighted by Gasteiger charge is 2.05. The van der Waals surface area contributed by atoms with Gasteiger partial charge in [0.05, 0.1) is 24.5 Å². The lowest BCUT2D eigenvalue weighted by Gasteiger charge is -1.98. The van der Waals surface area contributed by atoms with Crippen LogP contribution in [0.25, 0.3) is 5.69 Å². The third-order valence-electron chi connectivity index (χ3n) is 3.00. The van der Waals surface area contributed by atoms with E-state index < -0.39 is 0 Å². The third kappa shape index (κ3) is 4.10. The van der Waals surface area contributed by atoms with Crippen molar-refractivity contribution in [1.82, 2.24) is 20.2 Å². The standard InChI is InChI=1S/C16H15N5OS/c1-12-11-23-16(19-12)7-15(22)20-17-8-13-9-18-21(10-13)14-5-3-2-4-6-14/h2-6,8-11H,7H2,1H3,(H,20,22)/b17-8-. The number of amides is 1. The second-order valence-electron chi connectivity index (χ2n) is 4.91. The number of thiazole rings is 1. The predicted octanol–water partition coefficient (Wildman–Crippen LogP) is 2.33. The van der Waals surface area contributed by atoms with Crippen LogP contribution in [0.4, 0.5) is 0 Å². The van der Waals surface area contributed by atoms with E-state index in [1.165, 1.54) is 11.3 Å². The second kappa shape index (κ2) is 6.97. The van der Waals surface area contributed by atoms with Crippen molar-refractivity contribution < 1.29 is 4.79 Å². The van der Waals surface area contributed by atoms with E-state index in [4.69, 9.17) is 0 Å². The molecule has 1 amide bonds. The van der Waals surface area contributed by atoms with Gasteiger partial charge in [-0.1, -0.05) is 18.2 Å². The quantitative estimate of drug-likeness (QED) is 0.578. The first-order valence-electron chi connectivity index (χ1n) is 7.04. The number of nitrogens with zero attached hydrogens (tertiary/aromatic N) is 4. The fourth-order valence-electron chi connectivity index (χ4n) is 1.96. The van der Waals surface area contributed by atoms with Gasteiger partial charge in [0.1, 0.15) is 5.01 Å². The van der Waals surface area contributed by atoms with Crippen molar-refractivity contribution in [3.8, 4) is 5.69 Å². The van der Waals surface area contributed by atoms with Crippen LogP contribution in [0.15, 0.2) is 53.2 Å². The lowest BCUT2D eigenvalue weighted by molar-refractivity contribution is -0.120. The van der Waals surface area contributed by atoms with Crippen molar-refractivity contribution in [2.45, 2.75) is 13.3 Å². The number of carbonyl (C=O) groups excluding carboxylic acids is 1. The number of nitrogens with one attached hydrogen (secondary N) is 1. The number of aryl methyl sites for hydroxylation is 1. The molecule has 3 aromatic rings. The first-order chi connectivity index (χ1) is 11.2. The van der Waals surface area contributed by atoms with Gasteiger partial charge in [-0.25, -0.2) is 15.1 Å². The Morgan fingerprint density at radius 3 is 2.96 bits per heavy atom. The maximum atomic E-state index is 11.8. The summed E-state index contributed by atoms with van der Waals surface area (Å²) in [6.45, 7) is 1.90. The Kier molecular flexibility index (Phi) is 4.58. The summed E-state index contributed by atoms with van der Waals surface area (Å²) in [4.78, 5) is 16.0. The molecule has 116 valence electrons. The normalized spacial score (nSPS) is 11.0. The molecule has 0 aliphatic heterocycles. The number of rotatable bonds is 5. The minimum absolute atomic E-state index is 0.189. The van der Waals surface area contributed by atoms with Gasteiger partial charge in [0, 0.05) is 22.8 Å². The largest absolute Gasteiger partial charge is 0.273 e. The summed E-state index contributed by atoms with van der Waals surface area (Å²) in [6, 6.07) is 9.78. The minimum atomic E-state index is -0.189. The number of hydrogen-bond acceptors (Lipinski definition) is 5. The van der Waals surface area contributed by atoms with E-state index >= 15 is 0 Å². The zero-order chi connectivity index (χ0) is 16.1. The molecular formula is C16H15N5OS. The molecule has 7 heteroatoms. The van der Waals surface area contributed by atoms with Crippen LogP contribution in [-0.4, -0.2) is 26.9 Å². The Hall–Kier alpha value is -2.80. The van der Waals surface area contributed by atoms with E-state index in [9.17, 15) is 4.79 Å². The van der Waals surface area contributed by atoms with Crippen LogP contribution in [0.3, 0.4) is 0 Å². The van der Waals surface area contributed by atoms with Crippen LogP contribution in [0.2, 0.25) is 0 Å². The highest BCUT2D eigenvalue weighted by molar-refractivity contribution is 7.09. The molecule has 2 heterocycles.